The van der Waals surface area contributed by atoms with Crippen LogP contribution in [0.1, 0.15) is 15.9 Å². The molecule has 0 aliphatic rings. The molecule has 0 unspecified atom stereocenters. The van der Waals surface area contributed by atoms with E-state index in [1.165, 1.54) is 0 Å². The number of amides is 1. The van der Waals surface area contributed by atoms with Crippen LogP contribution in [0.3, 0.4) is 0 Å². The number of carbonyl (C=O) groups excluding carboxylic acids is 1. The van der Waals surface area contributed by atoms with Gasteiger partial charge in [0.25, 0.3) is 5.91 Å². The van der Waals surface area contributed by atoms with E-state index in [1.54, 1.807) is 18.2 Å². The fourth-order valence-electron chi connectivity index (χ4n) is 2.14. The number of benzene rings is 2. The van der Waals surface area contributed by atoms with Crippen molar-refractivity contribution in [2.45, 2.75) is 0 Å². The fourth-order valence-corrected chi connectivity index (χ4v) is 2.66. The molecule has 1 heterocycles. The normalized spacial score (nSPS) is 10.1. The lowest BCUT2D eigenvalue weighted by Crippen LogP contribution is -2.23. The molecule has 1 N–H and O–H groups in total. The van der Waals surface area contributed by atoms with E-state index in [0.717, 1.165) is 34.0 Å². The predicted molar refractivity (Wildman–Crippen MR) is 97.4 cm³/mol. The Labute approximate surface area is 144 Å². The average Bonchev–Trinajstić information content (AvgIpc) is 3.06. The second-order valence-corrected chi connectivity index (χ2v) is 5.92. The number of hydrogen-bond donors (Lipinski definition) is 1. The van der Waals surface area contributed by atoms with Gasteiger partial charge in [0.15, 0.2) is 0 Å². The molecular formula is C18H16N4OS. The molecule has 0 saturated carbocycles. The minimum absolute atomic E-state index is 0.165. The van der Waals surface area contributed by atoms with Crippen molar-refractivity contribution in [1.29, 1.82) is 0 Å². The number of carbonyl (C=O) groups is 1. The van der Waals surface area contributed by atoms with Gasteiger partial charge in [-0.3, -0.25) is 4.79 Å². The Morgan fingerprint density at radius 3 is 2.62 bits per heavy atom. The van der Waals surface area contributed by atoms with Crippen molar-refractivity contribution in [3.63, 3.8) is 0 Å². The van der Waals surface area contributed by atoms with Gasteiger partial charge < -0.3 is 10.2 Å². The molecular weight excluding hydrogens is 320 g/mol. The Morgan fingerprint density at radius 2 is 1.88 bits per heavy atom. The van der Waals surface area contributed by atoms with Gasteiger partial charge in [-0.2, -0.15) is 8.75 Å². The lowest BCUT2D eigenvalue weighted by atomic mass is 10.2. The van der Waals surface area contributed by atoms with E-state index in [2.05, 4.69) is 25.9 Å². The third kappa shape index (κ3) is 3.70. The maximum atomic E-state index is 12.1. The molecule has 24 heavy (non-hydrogen) atoms. The smallest absolute Gasteiger partial charge is 0.252 e. The molecule has 3 aromatic rings. The zero-order chi connectivity index (χ0) is 16.9. The molecule has 0 aliphatic heterocycles. The minimum atomic E-state index is -0.165. The van der Waals surface area contributed by atoms with Gasteiger partial charge in [-0.1, -0.05) is 11.8 Å². The van der Waals surface area contributed by atoms with E-state index in [-0.39, 0.29) is 5.91 Å². The highest BCUT2D eigenvalue weighted by Gasteiger charge is 2.06. The van der Waals surface area contributed by atoms with Crippen LogP contribution in [0.2, 0.25) is 0 Å². The molecule has 0 fully saturated rings. The molecule has 0 saturated heterocycles. The number of fused-ring (bicyclic) bond motifs is 1. The van der Waals surface area contributed by atoms with Crippen LogP contribution in [0.25, 0.3) is 11.0 Å². The van der Waals surface area contributed by atoms with E-state index in [1.807, 2.05) is 43.3 Å². The standard InChI is InChI=1S/C18H16N4OS/c1-22(2)15-8-5-13(6-9-15)4-3-11-19-18(23)14-7-10-16-17(12-14)21-24-20-16/h5-10,12H,11H2,1-2H3,(H,19,23). The van der Waals surface area contributed by atoms with Crippen LogP contribution in [0.5, 0.6) is 0 Å². The van der Waals surface area contributed by atoms with E-state index >= 15 is 0 Å². The highest BCUT2D eigenvalue weighted by atomic mass is 32.1. The number of hydrogen-bond acceptors (Lipinski definition) is 5. The van der Waals surface area contributed by atoms with Crippen molar-refractivity contribution in [3.05, 3.63) is 53.6 Å². The van der Waals surface area contributed by atoms with Crippen LogP contribution in [-0.2, 0) is 0 Å². The quantitative estimate of drug-likeness (QED) is 0.747. The first-order chi connectivity index (χ1) is 11.6. The molecule has 5 nitrogen and oxygen atoms in total. The summed E-state index contributed by atoms with van der Waals surface area (Å²) in [6, 6.07) is 13.2. The maximum Gasteiger partial charge on any atom is 0.252 e. The third-order valence-electron chi connectivity index (χ3n) is 3.47. The summed E-state index contributed by atoms with van der Waals surface area (Å²) in [5.74, 6) is 5.84. The topological polar surface area (TPSA) is 58.1 Å². The third-order valence-corrected chi connectivity index (χ3v) is 4.03. The lowest BCUT2D eigenvalue weighted by molar-refractivity contribution is 0.0959. The second kappa shape index (κ2) is 7.11. The molecule has 0 bridgehead atoms. The van der Waals surface area contributed by atoms with Gasteiger partial charge in [0.1, 0.15) is 11.0 Å². The summed E-state index contributed by atoms with van der Waals surface area (Å²) in [5.41, 5.74) is 4.15. The Hall–Kier alpha value is -2.91. The molecule has 1 amide bonds. The monoisotopic (exact) mass is 336 g/mol. The zero-order valence-corrected chi connectivity index (χ0v) is 14.2. The predicted octanol–water partition coefficient (Wildman–Crippen LogP) is 2.54. The molecule has 0 spiro atoms. The largest absolute Gasteiger partial charge is 0.378 e. The first-order valence-corrected chi connectivity index (χ1v) is 8.13. The maximum absolute atomic E-state index is 12.1. The number of anilines is 1. The molecule has 0 atom stereocenters. The molecule has 1 aromatic heterocycles. The summed E-state index contributed by atoms with van der Waals surface area (Å²) in [6.07, 6.45) is 0. The summed E-state index contributed by atoms with van der Waals surface area (Å²) in [4.78, 5) is 14.1. The van der Waals surface area contributed by atoms with Crippen LogP contribution in [0.15, 0.2) is 42.5 Å². The summed E-state index contributed by atoms with van der Waals surface area (Å²) in [5, 5.41) is 2.79. The van der Waals surface area contributed by atoms with Crippen molar-refractivity contribution in [2.75, 3.05) is 25.5 Å². The van der Waals surface area contributed by atoms with E-state index in [4.69, 9.17) is 0 Å². The Morgan fingerprint density at radius 1 is 1.12 bits per heavy atom. The summed E-state index contributed by atoms with van der Waals surface area (Å²) in [6.45, 7) is 0.293. The van der Waals surface area contributed by atoms with E-state index in [9.17, 15) is 4.79 Å². The number of aromatic nitrogens is 2. The molecule has 6 heteroatoms. The van der Waals surface area contributed by atoms with Gasteiger partial charge in [-0.05, 0) is 42.5 Å². The SMILES string of the molecule is CN(C)c1ccc(C#CCNC(=O)c2ccc3nsnc3c2)cc1. The van der Waals surface area contributed by atoms with E-state index < -0.39 is 0 Å². The van der Waals surface area contributed by atoms with Crippen LogP contribution in [0.4, 0.5) is 5.69 Å². The van der Waals surface area contributed by atoms with E-state index in [0.29, 0.717) is 12.1 Å². The highest BCUT2D eigenvalue weighted by molar-refractivity contribution is 7.00. The molecule has 120 valence electrons. The van der Waals surface area contributed by atoms with Gasteiger partial charge in [0.2, 0.25) is 0 Å². The van der Waals surface area contributed by atoms with Crippen molar-refractivity contribution < 1.29 is 4.79 Å². The van der Waals surface area contributed by atoms with Crippen molar-refractivity contribution in [1.82, 2.24) is 14.1 Å². The summed E-state index contributed by atoms with van der Waals surface area (Å²) in [7, 11) is 3.99. The van der Waals surface area contributed by atoms with Gasteiger partial charge >= 0.3 is 0 Å². The minimum Gasteiger partial charge on any atom is -0.378 e. The van der Waals surface area contributed by atoms with Crippen molar-refractivity contribution in [2.24, 2.45) is 0 Å². The van der Waals surface area contributed by atoms with Gasteiger partial charge in [-0.25, -0.2) is 0 Å². The Bertz CT molecular complexity index is 919. The first-order valence-electron chi connectivity index (χ1n) is 7.40. The van der Waals surface area contributed by atoms with Crippen LogP contribution >= 0.6 is 11.7 Å². The van der Waals surface area contributed by atoms with Crippen LogP contribution in [-0.4, -0.2) is 35.3 Å². The number of rotatable bonds is 3. The molecule has 2 aromatic carbocycles. The average molecular weight is 336 g/mol. The Balaban J connectivity index is 1.58. The van der Waals surface area contributed by atoms with Gasteiger partial charge in [-0.15, -0.1) is 0 Å². The Kier molecular flexibility index (Phi) is 4.73. The summed E-state index contributed by atoms with van der Waals surface area (Å²) < 4.78 is 8.26. The molecule has 3 rings (SSSR count). The first kappa shape index (κ1) is 16.0. The number of nitrogens with zero attached hydrogens (tertiary/aromatic N) is 3. The van der Waals surface area contributed by atoms with Gasteiger partial charge in [0.05, 0.1) is 18.3 Å². The van der Waals surface area contributed by atoms with Crippen LogP contribution < -0.4 is 10.2 Å². The fraction of sp³-hybridized carbons (Fsp3) is 0.167. The number of nitrogens with one attached hydrogen (secondary N) is 1. The lowest BCUT2D eigenvalue weighted by Gasteiger charge is -2.11. The van der Waals surface area contributed by atoms with Crippen molar-refractivity contribution in [3.8, 4) is 11.8 Å². The highest BCUT2D eigenvalue weighted by Crippen LogP contribution is 2.13. The second-order valence-electron chi connectivity index (χ2n) is 5.39. The van der Waals surface area contributed by atoms with Crippen molar-refractivity contribution >= 4 is 34.4 Å². The molecule has 0 aliphatic carbocycles. The summed E-state index contributed by atoms with van der Waals surface area (Å²) >= 11 is 1.14. The zero-order valence-electron chi connectivity index (χ0n) is 13.4. The molecule has 0 radical (unpaired) electrons. The van der Waals surface area contributed by atoms with Crippen LogP contribution in [0, 0.1) is 11.8 Å². The van der Waals surface area contributed by atoms with Gasteiger partial charge in [0, 0.05) is 30.9 Å².